The van der Waals surface area contributed by atoms with E-state index in [1.165, 1.54) is 32.1 Å². The molecular weight excluding hydrogens is 178 g/mol. The number of unbranched alkanes of at least 4 members (excludes halogenated alkanes) is 4. The van der Waals surface area contributed by atoms with Gasteiger partial charge in [-0.25, -0.2) is 0 Å². The van der Waals surface area contributed by atoms with E-state index in [1.807, 2.05) is 0 Å². The number of aliphatic hydroxyl groups excluding tert-OH is 1. The van der Waals surface area contributed by atoms with Crippen molar-refractivity contribution in [3.63, 3.8) is 0 Å². The van der Waals surface area contributed by atoms with Gasteiger partial charge < -0.3 is 15.2 Å². The van der Waals surface area contributed by atoms with Crippen LogP contribution in [0.4, 0.5) is 0 Å². The molecular formula is C11H23NO2. The van der Waals surface area contributed by atoms with Gasteiger partial charge in [-0.3, -0.25) is 0 Å². The van der Waals surface area contributed by atoms with Gasteiger partial charge in [-0.05, 0) is 13.0 Å². The zero-order valence-corrected chi connectivity index (χ0v) is 9.17. The van der Waals surface area contributed by atoms with Crippen molar-refractivity contribution in [2.75, 3.05) is 19.8 Å². The fourth-order valence-corrected chi connectivity index (χ4v) is 1.75. The molecule has 3 heteroatoms. The summed E-state index contributed by atoms with van der Waals surface area (Å²) >= 11 is 0. The molecule has 0 radical (unpaired) electrons. The van der Waals surface area contributed by atoms with Crippen LogP contribution in [0.1, 0.15) is 39.0 Å². The van der Waals surface area contributed by atoms with Gasteiger partial charge in [0.15, 0.2) is 0 Å². The van der Waals surface area contributed by atoms with E-state index in [0.717, 1.165) is 6.54 Å². The number of ether oxygens (including phenoxy) is 1. The van der Waals surface area contributed by atoms with Crippen LogP contribution in [0.3, 0.4) is 0 Å². The Morgan fingerprint density at radius 2 is 2.00 bits per heavy atom. The standard InChI is InChI=1S/C11H23NO2/c1-2-3-4-5-6-7-12-10-8-14-9-11(10)13/h10-13H,2-9H2,1H3/t10-,11-/m1/s1. The van der Waals surface area contributed by atoms with Crippen molar-refractivity contribution in [3.05, 3.63) is 0 Å². The molecule has 0 unspecified atom stereocenters. The molecule has 2 N–H and O–H groups in total. The van der Waals surface area contributed by atoms with Gasteiger partial charge in [0, 0.05) is 0 Å². The number of hydrogen-bond acceptors (Lipinski definition) is 3. The second-order valence-corrected chi connectivity index (χ2v) is 4.08. The van der Waals surface area contributed by atoms with Crippen molar-refractivity contribution >= 4 is 0 Å². The van der Waals surface area contributed by atoms with Gasteiger partial charge in [0.05, 0.1) is 25.4 Å². The van der Waals surface area contributed by atoms with E-state index in [1.54, 1.807) is 0 Å². The van der Waals surface area contributed by atoms with Crippen LogP contribution in [0.25, 0.3) is 0 Å². The first-order valence-corrected chi connectivity index (χ1v) is 5.83. The topological polar surface area (TPSA) is 41.5 Å². The number of hydrogen-bond donors (Lipinski definition) is 2. The zero-order valence-electron chi connectivity index (χ0n) is 9.17. The van der Waals surface area contributed by atoms with Crippen molar-refractivity contribution in [2.45, 2.75) is 51.2 Å². The third-order valence-electron chi connectivity index (χ3n) is 2.74. The predicted molar refractivity (Wildman–Crippen MR) is 57.4 cm³/mol. The van der Waals surface area contributed by atoms with Crippen molar-refractivity contribution in [1.82, 2.24) is 5.32 Å². The minimum absolute atomic E-state index is 0.168. The first kappa shape index (κ1) is 12.0. The molecule has 0 saturated carbocycles. The van der Waals surface area contributed by atoms with E-state index in [9.17, 15) is 5.11 Å². The van der Waals surface area contributed by atoms with Crippen LogP contribution in [0.5, 0.6) is 0 Å². The van der Waals surface area contributed by atoms with E-state index in [4.69, 9.17) is 4.74 Å². The first-order chi connectivity index (χ1) is 6.84. The normalized spacial score (nSPS) is 27.0. The van der Waals surface area contributed by atoms with E-state index in [0.29, 0.717) is 13.2 Å². The van der Waals surface area contributed by atoms with Gasteiger partial charge >= 0.3 is 0 Å². The highest BCUT2D eigenvalue weighted by Crippen LogP contribution is 2.06. The highest BCUT2D eigenvalue weighted by molar-refractivity contribution is 4.80. The van der Waals surface area contributed by atoms with Crippen LogP contribution in [-0.4, -0.2) is 37.0 Å². The van der Waals surface area contributed by atoms with Gasteiger partial charge in [-0.1, -0.05) is 32.6 Å². The maximum atomic E-state index is 9.44. The molecule has 0 aliphatic carbocycles. The smallest absolute Gasteiger partial charge is 0.0948 e. The zero-order chi connectivity index (χ0) is 10.2. The Kier molecular flexibility index (Phi) is 6.15. The van der Waals surface area contributed by atoms with Crippen molar-refractivity contribution in [3.8, 4) is 0 Å². The Hall–Kier alpha value is -0.120. The van der Waals surface area contributed by atoms with Crippen molar-refractivity contribution in [2.24, 2.45) is 0 Å². The fraction of sp³-hybridized carbons (Fsp3) is 1.00. The Morgan fingerprint density at radius 1 is 1.21 bits per heavy atom. The Morgan fingerprint density at radius 3 is 2.64 bits per heavy atom. The second-order valence-electron chi connectivity index (χ2n) is 4.08. The molecule has 0 aromatic rings. The van der Waals surface area contributed by atoms with Gasteiger partial charge in [-0.15, -0.1) is 0 Å². The Balaban J connectivity index is 1.88. The summed E-state index contributed by atoms with van der Waals surface area (Å²) < 4.78 is 5.15. The lowest BCUT2D eigenvalue weighted by molar-refractivity contribution is 0.122. The number of nitrogens with one attached hydrogen (secondary N) is 1. The minimum Gasteiger partial charge on any atom is -0.389 e. The maximum Gasteiger partial charge on any atom is 0.0948 e. The summed E-state index contributed by atoms with van der Waals surface area (Å²) in [6, 6.07) is 0.168. The predicted octanol–water partition coefficient (Wildman–Crippen LogP) is 1.31. The molecule has 2 atom stereocenters. The fourth-order valence-electron chi connectivity index (χ4n) is 1.75. The van der Waals surface area contributed by atoms with Gasteiger partial charge in [0.1, 0.15) is 0 Å². The van der Waals surface area contributed by atoms with E-state index in [-0.39, 0.29) is 12.1 Å². The quantitative estimate of drug-likeness (QED) is 0.610. The number of aliphatic hydroxyl groups is 1. The van der Waals surface area contributed by atoms with Crippen LogP contribution in [-0.2, 0) is 4.74 Å². The molecule has 0 amide bonds. The maximum absolute atomic E-state index is 9.44. The van der Waals surface area contributed by atoms with E-state index < -0.39 is 0 Å². The van der Waals surface area contributed by atoms with E-state index >= 15 is 0 Å². The SMILES string of the molecule is CCCCCCCN[C@@H]1COC[C@H]1O. The lowest BCUT2D eigenvalue weighted by atomic mass is 10.1. The number of rotatable bonds is 7. The van der Waals surface area contributed by atoms with Gasteiger partial charge in [-0.2, -0.15) is 0 Å². The largest absolute Gasteiger partial charge is 0.389 e. The molecule has 0 spiro atoms. The summed E-state index contributed by atoms with van der Waals surface area (Å²) in [6.45, 7) is 4.39. The average Bonchev–Trinajstić information content (AvgIpc) is 2.58. The molecule has 1 heterocycles. The van der Waals surface area contributed by atoms with E-state index in [2.05, 4.69) is 12.2 Å². The highest BCUT2D eigenvalue weighted by atomic mass is 16.5. The molecule has 1 fully saturated rings. The first-order valence-electron chi connectivity index (χ1n) is 5.83. The summed E-state index contributed by atoms with van der Waals surface area (Å²) in [5.41, 5.74) is 0. The van der Waals surface area contributed by atoms with Crippen LogP contribution < -0.4 is 5.32 Å². The second kappa shape index (κ2) is 7.21. The Labute approximate surface area is 86.8 Å². The van der Waals surface area contributed by atoms with Gasteiger partial charge in [0.2, 0.25) is 0 Å². The highest BCUT2D eigenvalue weighted by Gasteiger charge is 2.24. The van der Waals surface area contributed by atoms with Gasteiger partial charge in [0.25, 0.3) is 0 Å². The molecule has 0 aromatic carbocycles. The third-order valence-corrected chi connectivity index (χ3v) is 2.74. The lowest BCUT2D eigenvalue weighted by Crippen LogP contribution is -2.39. The molecule has 1 saturated heterocycles. The summed E-state index contributed by atoms with van der Waals surface area (Å²) in [7, 11) is 0. The van der Waals surface area contributed by atoms with Crippen LogP contribution in [0, 0.1) is 0 Å². The molecule has 1 aliphatic heterocycles. The summed E-state index contributed by atoms with van der Waals surface area (Å²) in [5.74, 6) is 0. The van der Waals surface area contributed by atoms with Crippen LogP contribution in [0.2, 0.25) is 0 Å². The molecule has 84 valence electrons. The summed E-state index contributed by atoms with van der Waals surface area (Å²) in [6.07, 6.45) is 6.18. The molecule has 0 aromatic heterocycles. The molecule has 0 bridgehead atoms. The molecule has 3 nitrogen and oxygen atoms in total. The van der Waals surface area contributed by atoms with Crippen LogP contribution in [0.15, 0.2) is 0 Å². The van der Waals surface area contributed by atoms with Crippen molar-refractivity contribution in [1.29, 1.82) is 0 Å². The average molecular weight is 201 g/mol. The third kappa shape index (κ3) is 4.40. The molecule has 1 rings (SSSR count). The minimum atomic E-state index is -0.300. The summed E-state index contributed by atoms with van der Waals surface area (Å²) in [4.78, 5) is 0. The van der Waals surface area contributed by atoms with Crippen LogP contribution >= 0.6 is 0 Å². The summed E-state index contributed by atoms with van der Waals surface area (Å²) in [5, 5.41) is 12.8. The Bertz CT molecular complexity index is 141. The lowest BCUT2D eigenvalue weighted by Gasteiger charge is -2.13. The molecule has 1 aliphatic rings. The van der Waals surface area contributed by atoms with Crippen molar-refractivity contribution < 1.29 is 9.84 Å². The molecule has 14 heavy (non-hydrogen) atoms. The monoisotopic (exact) mass is 201 g/mol.